The van der Waals surface area contributed by atoms with E-state index in [1.807, 2.05) is 6.92 Å². The molecule has 0 saturated carbocycles. The molecule has 0 saturated heterocycles. The lowest BCUT2D eigenvalue weighted by atomic mass is 10.7. The Morgan fingerprint density at radius 2 is 2.25 bits per heavy atom. The minimum absolute atomic E-state index is 0.126. The van der Waals surface area contributed by atoms with Crippen molar-refractivity contribution in [1.29, 1.82) is 0 Å². The molecule has 0 rings (SSSR count). The molecule has 3 heteroatoms. The van der Waals surface area contributed by atoms with Crippen molar-refractivity contribution in [3.8, 4) is 0 Å². The van der Waals surface area contributed by atoms with Gasteiger partial charge in [-0.3, -0.25) is 0 Å². The summed E-state index contributed by atoms with van der Waals surface area (Å²) < 4.78 is 9.77. The van der Waals surface area contributed by atoms with Gasteiger partial charge in [0, 0.05) is 13.7 Å². The molecule has 0 amide bonds. The molecule has 0 aliphatic heterocycles. The van der Waals surface area contributed by atoms with Crippen LogP contribution >= 0.6 is 0 Å². The lowest BCUT2D eigenvalue weighted by molar-refractivity contribution is -0.108. The fourth-order valence-electron chi connectivity index (χ4n) is 0.302. The summed E-state index contributed by atoms with van der Waals surface area (Å²) in [4.78, 5) is 0. The van der Waals surface area contributed by atoms with E-state index in [0.29, 0.717) is 13.2 Å². The first-order valence-electron chi connectivity index (χ1n) is 2.65. The zero-order valence-corrected chi connectivity index (χ0v) is 5.39. The molecular weight excluding hydrogens is 106 g/mol. The Kier molecular flexibility index (Phi) is 4.95. The van der Waals surface area contributed by atoms with Crippen molar-refractivity contribution >= 4 is 0 Å². The monoisotopic (exact) mass is 119 g/mol. The second kappa shape index (κ2) is 5.03. The fraction of sp³-hybridized carbons (Fsp3) is 1.00. The zero-order chi connectivity index (χ0) is 6.41. The van der Waals surface area contributed by atoms with E-state index in [1.54, 1.807) is 7.11 Å². The van der Waals surface area contributed by atoms with E-state index in [2.05, 4.69) is 0 Å². The molecule has 8 heavy (non-hydrogen) atoms. The Hall–Kier alpha value is -0.120. The highest BCUT2D eigenvalue weighted by Gasteiger charge is 1.93. The average Bonchev–Trinajstić information content (AvgIpc) is 1.83. The van der Waals surface area contributed by atoms with Crippen molar-refractivity contribution in [3.63, 3.8) is 0 Å². The maximum absolute atomic E-state index is 5.15. The zero-order valence-electron chi connectivity index (χ0n) is 5.39. The number of rotatable bonds is 4. The maximum Gasteiger partial charge on any atom is 0.154 e. The van der Waals surface area contributed by atoms with E-state index in [4.69, 9.17) is 15.2 Å². The normalized spacial score (nSPS) is 13.9. The van der Waals surface area contributed by atoms with Gasteiger partial charge in [0.1, 0.15) is 0 Å². The number of nitrogens with two attached hydrogens (primary N) is 1. The van der Waals surface area contributed by atoms with Crippen molar-refractivity contribution in [2.45, 2.75) is 13.2 Å². The molecule has 0 aromatic heterocycles. The van der Waals surface area contributed by atoms with Crippen LogP contribution in [0.15, 0.2) is 0 Å². The van der Waals surface area contributed by atoms with Crippen molar-refractivity contribution < 1.29 is 9.47 Å². The molecule has 0 bridgehead atoms. The van der Waals surface area contributed by atoms with Gasteiger partial charge in [0.05, 0.1) is 6.61 Å². The van der Waals surface area contributed by atoms with Gasteiger partial charge in [0.15, 0.2) is 6.29 Å². The molecule has 0 fully saturated rings. The second-order valence-electron chi connectivity index (χ2n) is 1.46. The van der Waals surface area contributed by atoms with Crippen LogP contribution in [0, 0.1) is 0 Å². The van der Waals surface area contributed by atoms with Gasteiger partial charge in [-0.25, -0.2) is 0 Å². The predicted molar refractivity (Wildman–Crippen MR) is 31.5 cm³/mol. The second-order valence-corrected chi connectivity index (χ2v) is 1.46. The van der Waals surface area contributed by atoms with Gasteiger partial charge in [-0.1, -0.05) is 0 Å². The van der Waals surface area contributed by atoms with Gasteiger partial charge in [-0.05, 0) is 6.92 Å². The highest BCUT2D eigenvalue weighted by Crippen LogP contribution is 1.87. The summed E-state index contributed by atoms with van der Waals surface area (Å²) in [7, 11) is 1.60. The van der Waals surface area contributed by atoms with E-state index in [0.717, 1.165) is 0 Å². The molecule has 0 aliphatic rings. The van der Waals surface area contributed by atoms with Crippen LogP contribution in [0.1, 0.15) is 6.92 Å². The minimum atomic E-state index is -0.126. The standard InChI is InChI=1S/C5H13NO2/c1-5(7-2)8-4-3-6/h5H,3-4,6H2,1-2H3/t5-/m1/s1. The number of ether oxygens (including phenoxy) is 2. The summed E-state index contributed by atoms with van der Waals surface area (Å²) in [5.41, 5.74) is 5.15. The molecule has 0 aromatic carbocycles. The fourth-order valence-corrected chi connectivity index (χ4v) is 0.302. The van der Waals surface area contributed by atoms with Crippen molar-refractivity contribution in [2.24, 2.45) is 5.73 Å². The summed E-state index contributed by atoms with van der Waals surface area (Å²) in [5, 5.41) is 0. The van der Waals surface area contributed by atoms with Crippen molar-refractivity contribution in [2.75, 3.05) is 20.3 Å². The smallest absolute Gasteiger partial charge is 0.154 e. The summed E-state index contributed by atoms with van der Waals surface area (Å²) >= 11 is 0. The average molecular weight is 119 g/mol. The first-order valence-corrected chi connectivity index (χ1v) is 2.65. The quantitative estimate of drug-likeness (QED) is 0.528. The lowest BCUT2D eigenvalue weighted by Gasteiger charge is -2.08. The summed E-state index contributed by atoms with van der Waals surface area (Å²) in [6, 6.07) is 0. The molecule has 2 N–H and O–H groups in total. The van der Waals surface area contributed by atoms with Crippen LogP contribution in [0.3, 0.4) is 0 Å². The van der Waals surface area contributed by atoms with Crippen LogP contribution in [0.25, 0.3) is 0 Å². The van der Waals surface area contributed by atoms with E-state index < -0.39 is 0 Å². The minimum Gasteiger partial charge on any atom is -0.356 e. The molecule has 0 aliphatic carbocycles. The first-order chi connectivity index (χ1) is 3.81. The molecule has 3 nitrogen and oxygen atoms in total. The van der Waals surface area contributed by atoms with E-state index >= 15 is 0 Å². The van der Waals surface area contributed by atoms with Gasteiger partial charge in [-0.2, -0.15) is 0 Å². The Bertz CT molecular complexity index is 49.7. The van der Waals surface area contributed by atoms with Gasteiger partial charge < -0.3 is 15.2 Å². The van der Waals surface area contributed by atoms with Gasteiger partial charge >= 0.3 is 0 Å². The Morgan fingerprint density at radius 3 is 2.62 bits per heavy atom. The Labute approximate surface area is 49.8 Å². The third kappa shape index (κ3) is 4.05. The topological polar surface area (TPSA) is 44.5 Å². The van der Waals surface area contributed by atoms with Crippen molar-refractivity contribution in [3.05, 3.63) is 0 Å². The van der Waals surface area contributed by atoms with Gasteiger partial charge in [0.2, 0.25) is 0 Å². The van der Waals surface area contributed by atoms with Crippen LogP contribution in [0.2, 0.25) is 0 Å². The third-order valence-electron chi connectivity index (χ3n) is 0.802. The SMILES string of the molecule is CO[C@@H](C)OCCN. The molecule has 0 spiro atoms. The first kappa shape index (κ1) is 7.88. The largest absolute Gasteiger partial charge is 0.356 e. The molecule has 0 unspecified atom stereocenters. The van der Waals surface area contributed by atoms with Crippen LogP contribution < -0.4 is 5.73 Å². The Balaban J connectivity index is 2.86. The van der Waals surface area contributed by atoms with Gasteiger partial charge in [0.25, 0.3) is 0 Å². The van der Waals surface area contributed by atoms with Crippen LogP contribution in [-0.4, -0.2) is 26.6 Å². The number of methoxy groups -OCH3 is 1. The number of hydrogen-bond donors (Lipinski definition) is 1. The lowest BCUT2D eigenvalue weighted by Crippen LogP contribution is -2.16. The van der Waals surface area contributed by atoms with E-state index in [9.17, 15) is 0 Å². The summed E-state index contributed by atoms with van der Waals surface area (Å²) in [5.74, 6) is 0. The van der Waals surface area contributed by atoms with Crippen LogP contribution in [0.4, 0.5) is 0 Å². The third-order valence-corrected chi connectivity index (χ3v) is 0.802. The molecule has 0 radical (unpaired) electrons. The molecule has 1 atom stereocenters. The maximum atomic E-state index is 5.15. The summed E-state index contributed by atoms with van der Waals surface area (Å²) in [6.07, 6.45) is -0.126. The Morgan fingerprint density at radius 1 is 1.62 bits per heavy atom. The van der Waals surface area contributed by atoms with E-state index in [1.165, 1.54) is 0 Å². The molecule has 0 heterocycles. The molecular formula is C5H13NO2. The van der Waals surface area contributed by atoms with Crippen LogP contribution in [0.5, 0.6) is 0 Å². The molecule has 50 valence electrons. The summed E-state index contributed by atoms with van der Waals surface area (Å²) in [6.45, 7) is 2.94. The molecule has 0 aromatic rings. The predicted octanol–water partition coefficient (Wildman–Crippen LogP) is -0.0459. The highest BCUT2D eigenvalue weighted by molar-refractivity contribution is 4.31. The number of hydrogen-bond acceptors (Lipinski definition) is 3. The van der Waals surface area contributed by atoms with E-state index in [-0.39, 0.29) is 6.29 Å². The van der Waals surface area contributed by atoms with Gasteiger partial charge in [-0.15, -0.1) is 0 Å². The highest BCUT2D eigenvalue weighted by atomic mass is 16.7. The van der Waals surface area contributed by atoms with Crippen LogP contribution in [-0.2, 0) is 9.47 Å². The van der Waals surface area contributed by atoms with Crippen molar-refractivity contribution in [1.82, 2.24) is 0 Å².